The summed E-state index contributed by atoms with van der Waals surface area (Å²) in [5, 5.41) is 0. The fourth-order valence-corrected chi connectivity index (χ4v) is 12.6. The van der Waals surface area contributed by atoms with Gasteiger partial charge < -0.3 is 11.2 Å². The first kappa shape index (κ1) is 26.4. The van der Waals surface area contributed by atoms with E-state index >= 15 is 0 Å². The average molecular weight is 541 g/mol. The van der Waals surface area contributed by atoms with Crippen molar-refractivity contribution in [2.75, 3.05) is 13.7 Å². The third-order valence-electron chi connectivity index (χ3n) is 14.1. The van der Waals surface area contributed by atoms with E-state index in [-0.39, 0.29) is 32.7 Å². The van der Waals surface area contributed by atoms with Crippen LogP contribution in [0.2, 0.25) is 0 Å². The van der Waals surface area contributed by atoms with Crippen LogP contribution in [0.4, 0.5) is 0 Å². The Labute approximate surface area is 236 Å². The number of allylic oxidation sites excluding steroid dienone is 1. The van der Waals surface area contributed by atoms with E-state index in [1.807, 2.05) is 7.11 Å². The second-order valence-electron chi connectivity index (χ2n) is 15.2. The SMILES string of the molecule is C=C1CC2CC3C4(C)CC[CH-]C(C)(C)C4CCC3(C)C3(C)CCC4(CCOC)CCC1C4C23.[Y]. The Kier molecular flexibility index (Phi) is 6.53. The molecule has 0 N–H and O–H groups in total. The van der Waals surface area contributed by atoms with Gasteiger partial charge in [-0.25, -0.2) is 0 Å². The van der Waals surface area contributed by atoms with Crippen molar-refractivity contribution < 1.29 is 37.4 Å². The summed E-state index contributed by atoms with van der Waals surface area (Å²) in [6, 6.07) is 0. The van der Waals surface area contributed by atoms with Crippen molar-refractivity contribution in [1.29, 1.82) is 0 Å². The van der Waals surface area contributed by atoms with E-state index in [2.05, 4.69) is 41.0 Å². The second kappa shape index (κ2) is 8.40. The van der Waals surface area contributed by atoms with E-state index in [4.69, 9.17) is 11.3 Å². The van der Waals surface area contributed by atoms with E-state index < -0.39 is 0 Å². The first-order valence-electron chi connectivity index (χ1n) is 14.5. The zero-order chi connectivity index (χ0) is 23.4. The van der Waals surface area contributed by atoms with Gasteiger partial charge in [0.2, 0.25) is 0 Å². The van der Waals surface area contributed by atoms with Crippen molar-refractivity contribution in [2.45, 2.75) is 105 Å². The fourth-order valence-electron chi connectivity index (χ4n) is 12.6. The maximum atomic E-state index is 5.69. The van der Waals surface area contributed by atoms with Crippen LogP contribution in [0.5, 0.6) is 0 Å². The Balaban J connectivity index is 0.00000241. The molecule has 10 unspecified atom stereocenters. The van der Waals surface area contributed by atoms with Crippen LogP contribution in [0.15, 0.2) is 12.2 Å². The van der Waals surface area contributed by atoms with Gasteiger partial charge in [0.15, 0.2) is 0 Å². The Morgan fingerprint density at radius 3 is 2.41 bits per heavy atom. The number of rotatable bonds is 3. The smallest absolute Gasteiger partial charge is 0.0467 e. The molecule has 0 aromatic carbocycles. The van der Waals surface area contributed by atoms with E-state index in [9.17, 15) is 0 Å². The zero-order valence-corrected chi connectivity index (χ0v) is 26.1. The summed E-state index contributed by atoms with van der Waals surface area (Å²) in [4.78, 5) is 0. The molecule has 34 heavy (non-hydrogen) atoms. The maximum Gasteiger partial charge on any atom is 0.0467 e. The molecule has 2 heteroatoms. The van der Waals surface area contributed by atoms with Crippen molar-refractivity contribution >= 4 is 0 Å². The summed E-state index contributed by atoms with van der Waals surface area (Å²) >= 11 is 0. The molecule has 6 rings (SSSR count). The van der Waals surface area contributed by atoms with Gasteiger partial charge in [-0.2, -0.15) is 11.8 Å². The first-order valence-corrected chi connectivity index (χ1v) is 14.5. The molecule has 0 heterocycles. The molecule has 6 aliphatic rings. The molecule has 0 aliphatic heterocycles. The Hall–Kier alpha value is 0.804. The number of methoxy groups -OCH3 is 1. The first-order chi connectivity index (χ1) is 15.5. The van der Waals surface area contributed by atoms with Crippen LogP contribution in [0, 0.1) is 69.0 Å². The molecule has 0 aromatic rings. The summed E-state index contributed by atoms with van der Waals surface area (Å²) in [7, 11) is 1.91. The van der Waals surface area contributed by atoms with Crippen LogP contribution >= 0.6 is 0 Å². The third-order valence-corrected chi connectivity index (χ3v) is 14.1. The number of hydrogen-bond acceptors (Lipinski definition) is 1. The average Bonchev–Trinajstić information content (AvgIpc) is 3.13. The molecule has 189 valence electrons. The van der Waals surface area contributed by atoms with Gasteiger partial charge in [-0.3, -0.25) is 0 Å². The summed E-state index contributed by atoms with van der Waals surface area (Å²) in [5.41, 5.74) is 4.11. The molecular weight excluding hydrogens is 489 g/mol. The van der Waals surface area contributed by atoms with Crippen LogP contribution in [0.1, 0.15) is 105 Å². The Morgan fingerprint density at radius 1 is 0.912 bits per heavy atom. The van der Waals surface area contributed by atoms with Gasteiger partial charge >= 0.3 is 0 Å². The molecule has 1 nitrogen and oxygen atoms in total. The fraction of sp³-hybridized carbons (Fsp3) is 0.906. The normalized spacial score (nSPS) is 54.9. The van der Waals surface area contributed by atoms with E-state index in [0.717, 1.165) is 42.1 Å². The monoisotopic (exact) mass is 540 g/mol. The number of ether oxygens (including phenoxy) is 1. The summed E-state index contributed by atoms with van der Waals surface area (Å²) in [5.74, 6) is 5.25. The summed E-state index contributed by atoms with van der Waals surface area (Å²) in [6.45, 7) is 19.2. The van der Waals surface area contributed by atoms with Crippen LogP contribution in [-0.2, 0) is 37.4 Å². The van der Waals surface area contributed by atoms with Crippen LogP contribution in [0.3, 0.4) is 0 Å². The summed E-state index contributed by atoms with van der Waals surface area (Å²) in [6.07, 6.45) is 18.3. The predicted octanol–water partition coefficient (Wildman–Crippen LogP) is 8.49. The molecule has 0 bridgehead atoms. The number of fused-ring (bicyclic) bond motifs is 4. The van der Waals surface area contributed by atoms with E-state index in [1.165, 1.54) is 70.6 Å². The molecule has 0 spiro atoms. The topological polar surface area (TPSA) is 9.23 Å². The molecule has 6 saturated carbocycles. The number of hydrogen-bond donors (Lipinski definition) is 0. The Bertz CT molecular complexity index is 833. The molecular formula is C32H51OY-. The standard InChI is InChI=1S/C32H51O.Y/c1-21-19-22-20-25-29(4)12-8-11-28(2,3)24(29)10-13-30(25,5)31(6)15-16-32(17-18-33-7)14-9-23(21)27(32)26(22)31;/h11,22-27H,1,8-10,12-20H2,2-7H3;/q-1;. The van der Waals surface area contributed by atoms with Crippen molar-refractivity contribution in [1.82, 2.24) is 0 Å². The van der Waals surface area contributed by atoms with Crippen molar-refractivity contribution in [3.05, 3.63) is 18.6 Å². The molecule has 6 fully saturated rings. The molecule has 10 atom stereocenters. The van der Waals surface area contributed by atoms with Crippen molar-refractivity contribution in [3.8, 4) is 0 Å². The second-order valence-corrected chi connectivity index (χ2v) is 15.2. The summed E-state index contributed by atoms with van der Waals surface area (Å²) < 4.78 is 5.69. The molecule has 0 aromatic heterocycles. The largest absolute Gasteiger partial charge is 0.385 e. The zero-order valence-electron chi connectivity index (χ0n) is 23.2. The molecule has 6 aliphatic carbocycles. The van der Waals surface area contributed by atoms with Crippen LogP contribution < -0.4 is 0 Å². The van der Waals surface area contributed by atoms with Crippen molar-refractivity contribution in [2.24, 2.45) is 62.6 Å². The minimum Gasteiger partial charge on any atom is -0.385 e. The van der Waals surface area contributed by atoms with Crippen molar-refractivity contribution in [3.63, 3.8) is 0 Å². The quantitative estimate of drug-likeness (QED) is 0.258. The minimum absolute atomic E-state index is 0. The van der Waals surface area contributed by atoms with Gasteiger partial charge in [0, 0.05) is 46.4 Å². The maximum absolute atomic E-state index is 5.69. The Morgan fingerprint density at radius 2 is 1.68 bits per heavy atom. The van der Waals surface area contributed by atoms with E-state index in [1.54, 1.807) is 5.57 Å². The molecule has 0 saturated heterocycles. The van der Waals surface area contributed by atoms with Crippen LogP contribution in [0.25, 0.3) is 0 Å². The van der Waals surface area contributed by atoms with Gasteiger partial charge in [-0.05, 0) is 103 Å². The van der Waals surface area contributed by atoms with Gasteiger partial charge in [-0.15, -0.1) is 0 Å². The third kappa shape index (κ3) is 3.20. The van der Waals surface area contributed by atoms with Crippen LogP contribution in [-0.4, -0.2) is 13.7 Å². The van der Waals surface area contributed by atoms with E-state index in [0.29, 0.717) is 27.1 Å². The van der Waals surface area contributed by atoms with Gasteiger partial charge in [-0.1, -0.05) is 65.5 Å². The van der Waals surface area contributed by atoms with Gasteiger partial charge in [0.05, 0.1) is 0 Å². The minimum atomic E-state index is 0. The molecule has 1 radical (unpaired) electrons. The van der Waals surface area contributed by atoms with Gasteiger partial charge in [0.25, 0.3) is 0 Å². The molecule has 0 amide bonds. The predicted molar refractivity (Wildman–Crippen MR) is 138 cm³/mol. The van der Waals surface area contributed by atoms with Gasteiger partial charge in [0.1, 0.15) is 0 Å².